The third-order valence-corrected chi connectivity index (χ3v) is 5.52. The first kappa shape index (κ1) is 17.9. The predicted molar refractivity (Wildman–Crippen MR) is 93.4 cm³/mol. The topological polar surface area (TPSA) is 68.4 Å². The summed E-state index contributed by atoms with van der Waals surface area (Å²) < 4.78 is 39.5. The molecule has 2 amide bonds. The van der Waals surface area contributed by atoms with Crippen LogP contribution in [0.1, 0.15) is 19.3 Å². The SMILES string of the molecule is CN(C(=O)N1CCCC1C(F)(F)F)[C@@H]1CCN(c2ncnc3[nH]ccc23)C1. The van der Waals surface area contributed by atoms with Crippen molar-refractivity contribution in [3.05, 3.63) is 18.6 Å². The van der Waals surface area contributed by atoms with Crippen molar-refractivity contribution in [3.8, 4) is 0 Å². The van der Waals surface area contributed by atoms with Crippen LogP contribution in [0.25, 0.3) is 11.0 Å². The van der Waals surface area contributed by atoms with Crippen molar-refractivity contribution in [2.45, 2.75) is 37.5 Å². The van der Waals surface area contributed by atoms with Gasteiger partial charge in [-0.25, -0.2) is 14.8 Å². The quantitative estimate of drug-likeness (QED) is 0.867. The lowest BCUT2D eigenvalue weighted by atomic mass is 10.2. The second-order valence-corrected chi connectivity index (χ2v) is 7.11. The van der Waals surface area contributed by atoms with E-state index >= 15 is 0 Å². The Kier molecular flexibility index (Phi) is 4.35. The van der Waals surface area contributed by atoms with Gasteiger partial charge in [-0.3, -0.25) is 0 Å². The van der Waals surface area contributed by atoms with Crippen LogP contribution in [-0.4, -0.2) is 75.7 Å². The number of likely N-dealkylation sites (N-methyl/N-ethyl adjacent to an activating group) is 1. The summed E-state index contributed by atoms with van der Waals surface area (Å²) in [6.07, 6.45) is -0.0668. The van der Waals surface area contributed by atoms with E-state index in [1.54, 1.807) is 13.2 Å². The maximum absolute atomic E-state index is 13.2. The summed E-state index contributed by atoms with van der Waals surface area (Å²) in [6, 6.07) is -0.483. The molecule has 2 atom stereocenters. The fourth-order valence-corrected chi connectivity index (χ4v) is 4.06. The number of halogens is 3. The van der Waals surface area contributed by atoms with Gasteiger partial charge >= 0.3 is 12.2 Å². The third-order valence-electron chi connectivity index (χ3n) is 5.52. The molecule has 1 N–H and O–H groups in total. The van der Waals surface area contributed by atoms with E-state index in [2.05, 4.69) is 19.9 Å². The molecule has 2 saturated heterocycles. The van der Waals surface area contributed by atoms with Gasteiger partial charge in [0, 0.05) is 32.9 Å². The van der Waals surface area contributed by atoms with E-state index in [0.717, 1.165) is 21.8 Å². The molecule has 0 bridgehead atoms. The number of nitrogens with one attached hydrogen (secondary N) is 1. The Morgan fingerprint density at radius 3 is 2.89 bits per heavy atom. The van der Waals surface area contributed by atoms with E-state index in [9.17, 15) is 18.0 Å². The molecular weight excluding hydrogens is 361 g/mol. The maximum atomic E-state index is 13.2. The van der Waals surface area contributed by atoms with Crippen LogP contribution in [0.2, 0.25) is 0 Å². The molecule has 10 heteroatoms. The maximum Gasteiger partial charge on any atom is 0.408 e. The van der Waals surface area contributed by atoms with Crippen molar-refractivity contribution < 1.29 is 18.0 Å². The van der Waals surface area contributed by atoms with E-state index in [0.29, 0.717) is 25.9 Å². The number of amides is 2. The number of hydrogen-bond donors (Lipinski definition) is 1. The number of hydrogen-bond acceptors (Lipinski definition) is 4. The molecule has 0 spiro atoms. The average Bonchev–Trinajstić information content (AvgIpc) is 3.38. The van der Waals surface area contributed by atoms with Crippen LogP contribution in [-0.2, 0) is 0 Å². The summed E-state index contributed by atoms with van der Waals surface area (Å²) in [4.78, 5) is 28.7. The summed E-state index contributed by atoms with van der Waals surface area (Å²) in [5.74, 6) is 0.777. The van der Waals surface area contributed by atoms with E-state index in [1.165, 1.54) is 11.2 Å². The van der Waals surface area contributed by atoms with Crippen molar-refractivity contribution in [1.82, 2.24) is 24.8 Å². The minimum Gasteiger partial charge on any atom is -0.354 e. The number of carbonyl (C=O) groups excluding carboxylic acids is 1. The largest absolute Gasteiger partial charge is 0.408 e. The molecule has 2 aliphatic rings. The number of alkyl halides is 3. The predicted octanol–water partition coefficient (Wildman–Crippen LogP) is 2.62. The molecule has 1 unspecified atom stereocenters. The number of likely N-dealkylation sites (tertiary alicyclic amines) is 1. The van der Waals surface area contributed by atoms with Crippen LogP contribution >= 0.6 is 0 Å². The van der Waals surface area contributed by atoms with Crippen LogP contribution in [0.15, 0.2) is 18.6 Å². The average molecular weight is 382 g/mol. The van der Waals surface area contributed by atoms with E-state index in [-0.39, 0.29) is 19.0 Å². The molecule has 27 heavy (non-hydrogen) atoms. The normalized spacial score (nSPS) is 23.4. The first-order chi connectivity index (χ1) is 12.9. The second kappa shape index (κ2) is 6.58. The van der Waals surface area contributed by atoms with Gasteiger partial charge in [0.05, 0.1) is 11.4 Å². The lowest BCUT2D eigenvalue weighted by Crippen LogP contribution is -2.52. The minimum atomic E-state index is -4.38. The molecule has 4 rings (SSSR count). The molecule has 2 aliphatic heterocycles. The molecule has 2 fully saturated rings. The molecule has 2 aromatic heterocycles. The summed E-state index contributed by atoms with van der Waals surface area (Å²) >= 11 is 0. The summed E-state index contributed by atoms with van der Waals surface area (Å²) in [7, 11) is 1.59. The van der Waals surface area contributed by atoms with Gasteiger partial charge in [0.25, 0.3) is 0 Å². The molecule has 2 aromatic rings. The van der Waals surface area contributed by atoms with E-state index in [4.69, 9.17) is 0 Å². The fraction of sp³-hybridized carbons (Fsp3) is 0.588. The summed E-state index contributed by atoms with van der Waals surface area (Å²) in [5.41, 5.74) is 0.734. The van der Waals surface area contributed by atoms with Crippen LogP contribution in [0.4, 0.5) is 23.8 Å². The highest BCUT2D eigenvalue weighted by atomic mass is 19.4. The summed E-state index contributed by atoms with van der Waals surface area (Å²) in [6.45, 7) is 1.37. The molecule has 4 heterocycles. The number of rotatable bonds is 2. The number of carbonyl (C=O) groups is 1. The Morgan fingerprint density at radius 2 is 2.11 bits per heavy atom. The van der Waals surface area contributed by atoms with Gasteiger partial charge in [0.2, 0.25) is 0 Å². The lowest BCUT2D eigenvalue weighted by Gasteiger charge is -2.33. The Morgan fingerprint density at radius 1 is 1.30 bits per heavy atom. The highest BCUT2D eigenvalue weighted by molar-refractivity contribution is 5.87. The van der Waals surface area contributed by atoms with Gasteiger partial charge in [-0.05, 0) is 25.3 Å². The summed E-state index contributed by atoms with van der Waals surface area (Å²) in [5, 5.41) is 0.892. The van der Waals surface area contributed by atoms with Crippen molar-refractivity contribution in [3.63, 3.8) is 0 Å². The van der Waals surface area contributed by atoms with Gasteiger partial charge in [-0.1, -0.05) is 0 Å². The fourth-order valence-electron chi connectivity index (χ4n) is 4.06. The number of H-pyrrole nitrogens is 1. The first-order valence-electron chi connectivity index (χ1n) is 8.99. The zero-order valence-electron chi connectivity index (χ0n) is 14.9. The van der Waals surface area contributed by atoms with E-state index < -0.39 is 18.2 Å². The number of aromatic amines is 1. The van der Waals surface area contributed by atoms with Crippen molar-refractivity contribution in [2.75, 3.05) is 31.6 Å². The molecule has 146 valence electrons. The van der Waals surface area contributed by atoms with Crippen LogP contribution < -0.4 is 4.90 Å². The standard InChI is InChI=1S/C17H21F3N6O/c1-24(16(27)26-7-2-3-13(26)17(18,19)20)11-5-8-25(9-11)15-12-4-6-21-14(12)22-10-23-15/h4,6,10-11,13H,2-3,5,7-9H2,1H3,(H,21,22,23)/t11-,13?/m1/s1. The van der Waals surface area contributed by atoms with E-state index in [1.807, 2.05) is 6.07 Å². The Hall–Kier alpha value is -2.52. The smallest absolute Gasteiger partial charge is 0.354 e. The van der Waals surface area contributed by atoms with Crippen LogP contribution in [0.5, 0.6) is 0 Å². The van der Waals surface area contributed by atoms with Gasteiger partial charge in [-0.15, -0.1) is 0 Å². The van der Waals surface area contributed by atoms with Gasteiger partial charge < -0.3 is 19.7 Å². The van der Waals surface area contributed by atoms with Crippen LogP contribution in [0.3, 0.4) is 0 Å². The zero-order chi connectivity index (χ0) is 19.2. The van der Waals surface area contributed by atoms with Crippen molar-refractivity contribution in [1.29, 1.82) is 0 Å². The highest BCUT2D eigenvalue weighted by Crippen LogP contribution is 2.34. The van der Waals surface area contributed by atoms with Gasteiger partial charge in [0.1, 0.15) is 23.8 Å². The third kappa shape index (κ3) is 3.17. The minimum absolute atomic E-state index is 0.0215. The Balaban J connectivity index is 1.47. The molecule has 0 saturated carbocycles. The zero-order valence-corrected chi connectivity index (χ0v) is 14.9. The van der Waals surface area contributed by atoms with Gasteiger partial charge in [-0.2, -0.15) is 13.2 Å². The monoisotopic (exact) mass is 382 g/mol. The molecule has 0 radical (unpaired) electrons. The molecule has 7 nitrogen and oxygen atoms in total. The van der Waals surface area contributed by atoms with Crippen molar-refractivity contribution >= 4 is 22.9 Å². The number of aromatic nitrogens is 3. The lowest BCUT2D eigenvalue weighted by molar-refractivity contribution is -0.170. The number of anilines is 1. The number of nitrogens with zero attached hydrogens (tertiary/aromatic N) is 5. The number of urea groups is 1. The second-order valence-electron chi connectivity index (χ2n) is 7.11. The number of fused-ring (bicyclic) bond motifs is 1. The molecule has 0 aliphatic carbocycles. The molecular formula is C17H21F3N6O. The highest BCUT2D eigenvalue weighted by Gasteiger charge is 2.49. The molecule has 0 aromatic carbocycles. The van der Waals surface area contributed by atoms with Crippen molar-refractivity contribution in [2.24, 2.45) is 0 Å². The van der Waals surface area contributed by atoms with Crippen LogP contribution in [0, 0.1) is 0 Å². The first-order valence-corrected chi connectivity index (χ1v) is 8.99. The Labute approximate surface area is 154 Å². The Bertz CT molecular complexity index is 837. The van der Waals surface area contributed by atoms with Gasteiger partial charge in [0.15, 0.2) is 0 Å².